The van der Waals surface area contributed by atoms with Gasteiger partial charge in [0.1, 0.15) is 11.6 Å². The van der Waals surface area contributed by atoms with E-state index in [4.69, 9.17) is 4.74 Å². The van der Waals surface area contributed by atoms with Gasteiger partial charge in [0.05, 0.1) is 25.0 Å². The molecule has 4 nitrogen and oxygen atoms in total. The van der Waals surface area contributed by atoms with Gasteiger partial charge < -0.3 is 15.0 Å². The van der Waals surface area contributed by atoms with Gasteiger partial charge in [0.25, 0.3) is 0 Å². The average Bonchev–Trinajstić information content (AvgIpc) is 3.09. The smallest absolute Gasteiger partial charge is 0.128 e. The standard InChI is InChI=1S/C14H17N3O/c1-18-13-7-3-2-5-10(13)12-9-16-14(17-12)11-6-4-8-15-11/h2-3,5,7,9,11,15H,4,6,8H2,1H3,(H,16,17)/t11-/m1/s1. The van der Waals surface area contributed by atoms with E-state index >= 15 is 0 Å². The highest BCUT2D eigenvalue weighted by atomic mass is 16.5. The van der Waals surface area contributed by atoms with E-state index in [2.05, 4.69) is 15.3 Å². The van der Waals surface area contributed by atoms with Crippen molar-refractivity contribution in [2.45, 2.75) is 18.9 Å². The molecule has 1 aliphatic rings. The first kappa shape index (κ1) is 11.3. The van der Waals surface area contributed by atoms with Crippen molar-refractivity contribution in [1.29, 1.82) is 0 Å². The molecule has 1 aromatic carbocycles. The zero-order chi connectivity index (χ0) is 12.4. The summed E-state index contributed by atoms with van der Waals surface area (Å²) in [5, 5.41) is 3.44. The molecule has 1 fully saturated rings. The maximum atomic E-state index is 5.37. The number of aromatic nitrogens is 2. The largest absolute Gasteiger partial charge is 0.496 e. The summed E-state index contributed by atoms with van der Waals surface area (Å²) in [4.78, 5) is 7.87. The molecule has 1 aliphatic heterocycles. The summed E-state index contributed by atoms with van der Waals surface area (Å²) >= 11 is 0. The van der Waals surface area contributed by atoms with Crippen LogP contribution in [0, 0.1) is 0 Å². The number of H-pyrrole nitrogens is 1. The SMILES string of the molecule is COc1ccccc1-c1cnc([C@H]2CCCN2)[nH]1. The predicted molar refractivity (Wildman–Crippen MR) is 70.6 cm³/mol. The Hall–Kier alpha value is -1.81. The minimum absolute atomic E-state index is 0.369. The minimum Gasteiger partial charge on any atom is -0.496 e. The van der Waals surface area contributed by atoms with Crippen LogP contribution in [-0.4, -0.2) is 23.6 Å². The van der Waals surface area contributed by atoms with Gasteiger partial charge in [0, 0.05) is 5.56 Å². The van der Waals surface area contributed by atoms with E-state index in [1.165, 1.54) is 6.42 Å². The lowest BCUT2D eigenvalue weighted by Crippen LogP contribution is -2.14. The Morgan fingerprint density at radius 2 is 2.22 bits per heavy atom. The van der Waals surface area contributed by atoms with Crippen molar-refractivity contribution in [1.82, 2.24) is 15.3 Å². The number of hydrogen-bond donors (Lipinski definition) is 2. The summed E-state index contributed by atoms with van der Waals surface area (Å²) in [6, 6.07) is 8.35. The first-order chi connectivity index (χ1) is 8.88. The summed E-state index contributed by atoms with van der Waals surface area (Å²) in [7, 11) is 1.69. The van der Waals surface area contributed by atoms with Gasteiger partial charge in [-0.2, -0.15) is 0 Å². The molecule has 0 saturated carbocycles. The second-order valence-electron chi connectivity index (χ2n) is 4.53. The van der Waals surface area contributed by atoms with Crippen molar-refractivity contribution in [3.63, 3.8) is 0 Å². The van der Waals surface area contributed by atoms with E-state index in [1.54, 1.807) is 7.11 Å². The number of para-hydroxylation sites is 1. The van der Waals surface area contributed by atoms with Crippen LogP contribution in [0.3, 0.4) is 0 Å². The molecular formula is C14H17N3O. The summed E-state index contributed by atoms with van der Waals surface area (Å²) in [5.41, 5.74) is 2.06. The molecule has 0 aliphatic carbocycles. The van der Waals surface area contributed by atoms with E-state index in [9.17, 15) is 0 Å². The monoisotopic (exact) mass is 243 g/mol. The zero-order valence-corrected chi connectivity index (χ0v) is 10.4. The number of hydrogen-bond acceptors (Lipinski definition) is 3. The third-order valence-electron chi connectivity index (χ3n) is 3.38. The lowest BCUT2D eigenvalue weighted by molar-refractivity contribution is 0.416. The molecule has 94 valence electrons. The van der Waals surface area contributed by atoms with Crippen molar-refractivity contribution in [2.75, 3.05) is 13.7 Å². The highest BCUT2D eigenvalue weighted by molar-refractivity contribution is 5.66. The van der Waals surface area contributed by atoms with E-state index in [1.807, 2.05) is 30.5 Å². The topological polar surface area (TPSA) is 49.9 Å². The first-order valence-electron chi connectivity index (χ1n) is 6.30. The molecule has 2 N–H and O–H groups in total. The van der Waals surface area contributed by atoms with Crippen LogP contribution in [-0.2, 0) is 0 Å². The Labute approximate surface area is 106 Å². The van der Waals surface area contributed by atoms with Crippen LogP contribution in [0.4, 0.5) is 0 Å². The third-order valence-corrected chi connectivity index (χ3v) is 3.38. The number of imidazole rings is 1. The summed E-state index contributed by atoms with van der Waals surface area (Å²) in [6.45, 7) is 1.08. The number of aromatic amines is 1. The Morgan fingerprint density at radius 1 is 1.33 bits per heavy atom. The molecule has 3 rings (SSSR count). The van der Waals surface area contributed by atoms with Gasteiger partial charge in [-0.15, -0.1) is 0 Å². The van der Waals surface area contributed by atoms with Crippen LogP contribution in [0.15, 0.2) is 30.5 Å². The number of rotatable bonds is 3. The highest BCUT2D eigenvalue weighted by Gasteiger charge is 2.19. The number of nitrogens with zero attached hydrogens (tertiary/aromatic N) is 1. The van der Waals surface area contributed by atoms with Crippen LogP contribution in [0.5, 0.6) is 5.75 Å². The van der Waals surface area contributed by atoms with Crippen LogP contribution in [0.1, 0.15) is 24.7 Å². The fourth-order valence-corrected chi connectivity index (χ4v) is 2.44. The second-order valence-corrected chi connectivity index (χ2v) is 4.53. The summed E-state index contributed by atoms with van der Waals surface area (Å²) in [6.07, 6.45) is 4.25. The molecule has 2 aromatic rings. The van der Waals surface area contributed by atoms with Crippen molar-refractivity contribution in [2.24, 2.45) is 0 Å². The second kappa shape index (κ2) is 4.82. The van der Waals surface area contributed by atoms with Crippen molar-refractivity contribution < 1.29 is 4.74 Å². The predicted octanol–water partition coefficient (Wildman–Crippen LogP) is 2.51. The fraction of sp³-hybridized carbons (Fsp3) is 0.357. The van der Waals surface area contributed by atoms with Crippen LogP contribution >= 0.6 is 0 Å². The number of nitrogens with one attached hydrogen (secondary N) is 2. The third kappa shape index (κ3) is 1.99. The van der Waals surface area contributed by atoms with Crippen LogP contribution in [0.2, 0.25) is 0 Å². The summed E-state index contributed by atoms with van der Waals surface area (Å²) < 4.78 is 5.37. The van der Waals surface area contributed by atoms with E-state index < -0.39 is 0 Å². The Kier molecular flexibility index (Phi) is 3.02. The quantitative estimate of drug-likeness (QED) is 0.870. The van der Waals surface area contributed by atoms with Gasteiger partial charge in [-0.25, -0.2) is 4.98 Å². The normalized spacial score (nSPS) is 19.1. The maximum absolute atomic E-state index is 5.37. The first-order valence-corrected chi connectivity index (χ1v) is 6.30. The molecule has 0 spiro atoms. The Morgan fingerprint density at radius 3 is 3.00 bits per heavy atom. The van der Waals surface area contributed by atoms with Gasteiger partial charge in [-0.05, 0) is 31.5 Å². The number of benzene rings is 1. The van der Waals surface area contributed by atoms with Crippen molar-refractivity contribution in [3.8, 4) is 17.0 Å². The zero-order valence-electron chi connectivity index (χ0n) is 10.4. The molecule has 1 atom stereocenters. The molecule has 4 heteroatoms. The van der Waals surface area contributed by atoms with Gasteiger partial charge in [0.2, 0.25) is 0 Å². The molecule has 0 amide bonds. The van der Waals surface area contributed by atoms with Crippen molar-refractivity contribution >= 4 is 0 Å². The fourth-order valence-electron chi connectivity index (χ4n) is 2.44. The molecular weight excluding hydrogens is 226 g/mol. The number of methoxy groups -OCH3 is 1. The molecule has 1 saturated heterocycles. The maximum Gasteiger partial charge on any atom is 0.128 e. The van der Waals surface area contributed by atoms with Gasteiger partial charge >= 0.3 is 0 Å². The van der Waals surface area contributed by atoms with E-state index in [0.717, 1.165) is 35.8 Å². The Bertz CT molecular complexity index is 529. The van der Waals surface area contributed by atoms with Crippen LogP contribution < -0.4 is 10.1 Å². The van der Waals surface area contributed by atoms with Crippen molar-refractivity contribution in [3.05, 3.63) is 36.3 Å². The molecule has 1 aromatic heterocycles. The Balaban J connectivity index is 1.92. The minimum atomic E-state index is 0.369. The molecule has 18 heavy (non-hydrogen) atoms. The summed E-state index contributed by atoms with van der Waals surface area (Å²) in [5.74, 6) is 1.89. The van der Waals surface area contributed by atoms with Crippen LogP contribution in [0.25, 0.3) is 11.3 Å². The van der Waals surface area contributed by atoms with E-state index in [-0.39, 0.29) is 0 Å². The average molecular weight is 243 g/mol. The molecule has 0 bridgehead atoms. The van der Waals surface area contributed by atoms with Gasteiger partial charge in [-0.1, -0.05) is 12.1 Å². The molecule has 0 radical (unpaired) electrons. The highest BCUT2D eigenvalue weighted by Crippen LogP contribution is 2.29. The van der Waals surface area contributed by atoms with Gasteiger partial charge in [-0.3, -0.25) is 0 Å². The van der Waals surface area contributed by atoms with Gasteiger partial charge in [0.15, 0.2) is 0 Å². The lowest BCUT2D eigenvalue weighted by Gasteiger charge is -2.07. The van der Waals surface area contributed by atoms with E-state index in [0.29, 0.717) is 6.04 Å². The molecule has 0 unspecified atom stereocenters. The lowest BCUT2D eigenvalue weighted by atomic mass is 10.1. The molecule has 2 heterocycles. The number of ether oxygens (including phenoxy) is 1.